The van der Waals surface area contributed by atoms with Crippen molar-refractivity contribution in [2.45, 2.75) is 26.4 Å². The van der Waals surface area contributed by atoms with Gasteiger partial charge in [0.25, 0.3) is 0 Å². The molecule has 1 fully saturated rings. The van der Waals surface area contributed by atoms with E-state index in [0.717, 1.165) is 57.4 Å². The lowest BCUT2D eigenvalue weighted by atomic mass is 10.1. The van der Waals surface area contributed by atoms with Gasteiger partial charge in [-0.1, -0.05) is 25.1 Å². The Kier molecular flexibility index (Phi) is 7.14. The van der Waals surface area contributed by atoms with Gasteiger partial charge in [-0.3, -0.25) is 4.90 Å². The van der Waals surface area contributed by atoms with E-state index in [4.69, 9.17) is 9.73 Å². The van der Waals surface area contributed by atoms with Crippen LogP contribution in [0.2, 0.25) is 0 Å². The molecule has 6 heteroatoms. The Hall–Kier alpha value is -1.79. The summed E-state index contributed by atoms with van der Waals surface area (Å²) in [6, 6.07) is 8.28. The Morgan fingerprint density at radius 2 is 1.88 bits per heavy atom. The third-order valence-corrected chi connectivity index (χ3v) is 5.14. The zero-order chi connectivity index (χ0) is 18.2. The average molecular weight is 360 g/mol. The third kappa shape index (κ3) is 5.35. The summed E-state index contributed by atoms with van der Waals surface area (Å²) in [4.78, 5) is 9.77. The number of piperazine rings is 1. The zero-order valence-corrected chi connectivity index (χ0v) is 16.2. The van der Waals surface area contributed by atoms with Gasteiger partial charge in [-0.25, -0.2) is 4.99 Å². The van der Waals surface area contributed by atoms with E-state index in [1.165, 1.54) is 18.7 Å². The van der Waals surface area contributed by atoms with Crippen molar-refractivity contribution >= 4 is 5.96 Å². The highest BCUT2D eigenvalue weighted by atomic mass is 16.5. The maximum atomic E-state index is 5.98. The summed E-state index contributed by atoms with van der Waals surface area (Å²) in [5.41, 5.74) is 1.29. The van der Waals surface area contributed by atoms with Gasteiger partial charge in [-0.15, -0.1) is 0 Å². The molecular weight excluding hydrogens is 326 g/mol. The first kappa shape index (κ1) is 19.0. The summed E-state index contributed by atoms with van der Waals surface area (Å²) < 4.78 is 5.98. The van der Waals surface area contributed by atoms with Crippen molar-refractivity contribution < 1.29 is 4.74 Å². The predicted molar refractivity (Wildman–Crippen MR) is 107 cm³/mol. The first-order valence-electron chi connectivity index (χ1n) is 10.00. The van der Waals surface area contributed by atoms with Crippen molar-refractivity contribution in [1.82, 2.24) is 20.4 Å². The van der Waals surface area contributed by atoms with Crippen LogP contribution in [0.25, 0.3) is 0 Å². The minimum atomic E-state index is 0.143. The van der Waals surface area contributed by atoms with Crippen LogP contribution in [0.1, 0.15) is 19.4 Å². The molecule has 2 heterocycles. The highest BCUT2D eigenvalue weighted by molar-refractivity contribution is 5.79. The van der Waals surface area contributed by atoms with Crippen LogP contribution in [0.15, 0.2) is 29.3 Å². The van der Waals surface area contributed by atoms with Crippen LogP contribution in [-0.4, -0.2) is 80.8 Å². The van der Waals surface area contributed by atoms with Crippen molar-refractivity contribution in [3.05, 3.63) is 29.8 Å². The quantitative estimate of drug-likeness (QED) is 0.566. The number of para-hydroxylation sites is 1. The van der Waals surface area contributed by atoms with Gasteiger partial charge >= 0.3 is 0 Å². The molecule has 3 rings (SSSR count). The molecule has 2 aliphatic rings. The number of hydrogen-bond acceptors (Lipinski definition) is 4. The monoisotopic (exact) mass is 359 g/mol. The van der Waals surface area contributed by atoms with E-state index < -0.39 is 0 Å². The lowest BCUT2D eigenvalue weighted by molar-refractivity contribution is 0.139. The number of fused-ring (bicyclic) bond motifs is 1. The molecule has 0 saturated carbocycles. The molecule has 0 amide bonds. The van der Waals surface area contributed by atoms with E-state index in [1.807, 2.05) is 12.1 Å². The Morgan fingerprint density at radius 1 is 1.12 bits per heavy atom. The van der Waals surface area contributed by atoms with Crippen LogP contribution in [-0.2, 0) is 6.42 Å². The molecule has 0 spiro atoms. The average Bonchev–Trinajstić information content (AvgIpc) is 3.09. The van der Waals surface area contributed by atoms with E-state index in [1.54, 1.807) is 0 Å². The summed E-state index contributed by atoms with van der Waals surface area (Å²) in [5.74, 6) is 1.90. The van der Waals surface area contributed by atoms with Crippen molar-refractivity contribution in [2.75, 3.05) is 58.9 Å². The smallest absolute Gasteiger partial charge is 0.191 e. The summed E-state index contributed by atoms with van der Waals surface area (Å²) in [6.45, 7) is 13.7. The molecule has 0 radical (unpaired) electrons. The predicted octanol–water partition coefficient (Wildman–Crippen LogP) is 1.18. The summed E-state index contributed by atoms with van der Waals surface area (Å²) >= 11 is 0. The molecule has 1 aromatic carbocycles. The summed E-state index contributed by atoms with van der Waals surface area (Å²) in [7, 11) is 0. The second-order valence-corrected chi connectivity index (χ2v) is 6.97. The van der Waals surface area contributed by atoms with Crippen molar-refractivity contribution in [1.29, 1.82) is 0 Å². The minimum absolute atomic E-state index is 0.143. The van der Waals surface area contributed by atoms with Gasteiger partial charge in [-0.2, -0.15) is 0 Å². The highest BCUT2D eigenvalue weighted by Crippen LogP contribution is 2.28. The number of rotatable bonds is 7. The molecule has 2 N–H and O–H groups in total. The molecule has 0 aliphatic carbocycles. The van der Waals surface area contributed by atoms with E-state index in [0.29, 0.717) is 6.54 Å². The fourth-order valence-corrected chi connectivity index (χ4v) is 3.55. The van der Waals surface area contributed by atoms with Crippen LogP contribution < -0.4 is 15.4 Å². The highest BCUT2D eigenvalue weighted by Gasteiger charge is 2.22. The van der Waals surface area contributed by atoms with Crippen LogP contribution in [0, 0.1) is 0 Å². The number of benzene rings is 1. The molecule has 144 valence electrons. The van der Waals surface area contributed by atoms with Crippen molar-refractivity contribution in [2.24, 2.45) is 4.99 Å². The number of likely N-dealkylation sites (N-methyl/N-ethyl adjacent to an activating group) is 1. The molecule has 1 unspecified atom stereocenters. The standard InChI is InChI=1S/C20H33N5O/c1-3-21-20(22-9-10-25-13-11-24(4-2)12-14-25)23-16-18-15-17-7-5-6-8-19(17)26-18/h5-8,18H,3-4,9-16H2,1-2H3,(H2,21,22,23). The molecule has 0 aromatic heterocycles. The molecular formula is C20H33N5O. The SMILES string of the molecule is CCNC(=NCC1Cc2ccccc2O1)NCCN1CCN(CC)CC1. The Bertz CT molecular complexity index is 558. The second kappa shape index (κ2) is 9.78. The Balaban J connectivity index is 1.40. The molecule has 6 nitrogen and oxygen atoms in total. The number of guanidine groups is 1. The zero-order valence-electron chi connectivity index (χ0n) is 16.2. The normalized spacial score (nSPS) is 21.3. The first-order chi connectivity index (χ1) is 12.8. The Morgan fingerprint density at radius 3 is 2.62 bits per heavy atom. The van der Waals surface area contributed by atoms with Gasteiger partial charge in [0.2, 0.25) is 0 Å². The molecule has 1 atom stereocenters. The van der Waals surface area contributed by atoms with Crippen molar-refractivity contribution in [3.8, 4) is 5.75 Å². The Labute approximate surface area is 157 Å². The van der Waals surface area contributed by atoms with Crippen molar-refractivity contribution in [3.63, 3.8) is 0 Å². The number of nitrogens with one attached hydrogen (secondary N) is 2. The second-order valence-electron chi connectivity index (χ2n) is 6.97. The van der Waals surface area contributed by atoms with Gasteiger partial charge < -0.3 is 20.3 Å². The van der Waals surface area contributed by atoms with E-state index >= 15 is 0 Å². The largest absolute Gasteiger partial charge is 0.488 e. The van der Waals surface area contributed by atoms with Gasteiger partial charge in [-0.05, 0) is 25.1 Å². The van der Waals surface area contributed by atoms with Gasteiger partial charge in [0.1, 0.15) is 11.9 Å². The number of hydrogen-bond donors (Lipinski definition) is 2. The van der Waals surface area contributed by atoms with Gasteiger partial charge in [0.05, 0.1) is 6.54 Å². The fraction of sp³-hybridized carbons (Fsp3) is 0.650. The lowest BCUT2D eigenvalue weighted by Crippen LogP contribution is -2.49. The van der Waals surface area contributed by atoms with Crippen LogP contribution in [0.4, 0.5) is 0 Å². The van der Waals surface area contributed by atoms with E-state index in [9.17, 15) is 0 Å². The van der Waals surface area contributed by atoms with Crippen LogP contribution >= 0.6 is 0 Å². The fourth-order valence-electron chi connectivity index (χ4n) is 3.55. The topological polar surface area (TPSA) is 52.1 Å². The molecule has 2 aliphatic heterocycles. The maximum Gasteiger partial charge on any atom is 0.191 e. The van der Waals surface area contributed by atoms with Crippen LogP contribution in [0.5, 0.6) is 5.75 Å². The third-order valence-electron chi connectivity index (χ3n) is 5.14. The number of ether oxygens (including phenoxy) is 1. The number of nitrogens with zero attached hydrogens (tertiary/aromatic N) is 3. The minimum Gasteiger partial charge on any atom is -0.488 e. The maximum absolute atomic E-state index is 5.98. The lowest BCUT2D eigenvalue weighted by Gasteiger charge is -2.34. The molecule has 0 bridgehead atoms. The molecule has 1 saturated heterocycles. The summed E-state index contributed by atoms with van der Waals surface area (Å²) in [6.07, 6.45) is 1.09. The van der Waals surface area contributed by atoms with E-state index in [2.05, 4.69) is 46.4 Å². The van der Waals surface area contributed by atoms with E-state index in [-0.39, 0.29) is 6.10 Å². The summed E-state index contributed by atoms with van der Waals surface area (Å²) in [5, 5.41) is 6.80. The molecule has 26 heavy (non-hydrogen) atoms. The van der Waals surface area contributed by atoms with Gasteiger partial charge in [0.15, 0.2) is 5.96 Å². The molecule has 1 aromatic rings. The van der Waals surface area contributed by atoms with Crippen LogP contribution in [0.3, 0.4) is 0 Å². The first-order valence-corrected chi connectivity index (χ1v) is 10.00. The number of aliphatic imine (C=N–C) groups is 1. The van der Waals surface area contributed by atoms with Gasteiger partial charge in [0, 0.05) is 52.2 Å².